The minimum atomic E-state index is 0. The molecule has 12 heavy (non-hydrogen) atoms. The number of rotatable bonds is 3. The monoisotopic (exact) mass is 234 g/mol. The molecule has 0 saturated heterocycles. The molecule has 0 N–H and O–H groups in total. The standard InChI is InChI=1S/C9H19N2.BrH/c1-4-5-6-11-8-7-10(3)9(11)2;/h4-8H2,1-3H3;1H/q+1;/p-1. The van der Waals surface area contributed by atoms with Crippen LogP contribution in [-0.4, -0.2) is 42.0 Å². The first-order valence-electron chi connectivity index (χ1n) is 4.55. The van der Waals surface area contributed by atoms with E-state index in [0.29, 0.717) is 0 Å². The molecule has 0 fully saturated rings. The second-order valence-corrected chi connectivity index (χ2v) is 3.31. The van der Waals surface area contributed by atoms with Gasteiger partial charge < -0.3 is 17.0 Å². The lowest BCUT2D eigenvalue weighted by Gasteiger charge is -2.08. The van der Waals surface area contributed by atoms with Crippen molar-refractivity contribution in [1.29, 1.82) is 0 Å². The summed E-state index contributed by atoms with van der Waals surface area (Å²) in [5.41, 5.74) is 0. The molecule has 72 valence electrons. The van der Waals surface area contributed by atoms with Gasteiger partial charge in [0.25, 0.3) is 0 Å². The highest BCUT2D eigenvalue weighted by molar-refractivity contribution is 5.75. The summed E-state index contributed by atoms with van der Waals surface area (Å²) in [6, 6.07) is 0. The SMILES string of the molecule is CCCCN1CC[N+](C)=C1C.[Br-]. The summed E-state index contributed by atoms with van der Waals surface area (Å²) in [6.45, 7) is 8.13. The van der Waals surface area contributed by atoms with Crippen LogP contribution in [0, 0.1) is 0 Å². The average Bonchev–Trinajstić information content (AvgIpc) is 2.31. The zero-order valence-corrected chi connectivity index (χ0v) is 9.89. The fourth-order valence-corrected chi connectivity index (χ4v) is 1.46. The van der Waals surface area contributed by atoms with Gasteiger partial charge in [0.05, 0.1) is 13.6 Å². The molecule has 0 spiro atoms. The highest BCUT2D eigenvalue weighted by Gasteiger charge is 2.22. The lowest BCUT2D eigenvalue weighted by atomic mass is 10.3. The van der Waals surface area contributed by atoms with Crippen molar-refractivity contribution >= 4 is 5.84 Å². The first kappa shape index (κ1) is 11.9. The predicted octanol–water partition coefficient (Wildman–Crippen LogP) is -1.83. The quantitative estimate of drug-likeness (QED) is 0.521. The Morgan fingerprint density at radius 3 is 2.58 bits per heavy atom. The van der Waals surface area contributed by atoms with Gasteiger partial charge in [0.1, 0.15) is 13.1 Å². The number of hydrogen-bond donors (Lipinski definition) is 0. The van der Waals surface area contributed by atoms with Gasteiger partial charge in [-0.2, -0.15) is 0 Å². The van der Waals surface area contributed by atoms with Gasteiger partial charge in [-0.3, -0.25) is 9.48 Å². The Morgan fingerprint density at radius 2 is 2.17 bits per heavy atom. The Bertz CT molecular complexity index is 166. The van der Waals surface area contributed by atoms with Gasteiger partial charge >= 0.3 is 0 Å². The topological polar surface area (TPSA) is 6.25 Å². The molecule has 0 aromatic rings. The largest absolute Gasteiger partial charge is 1.00 e. The first-order chi connectivity index (χ1) is 5.25. The Morgan fingerprint density at radius 1 is 1.50 bits per heavy atom. The molecule has 1 rings (SSSR count). The van der Waals surface area contributed by atoms with Crippen LogP contribution in [0.2, 0.25) is 0 Å². The summed E-state index contributed by atoms with van der Waals surface area (Å²) in [5, 5.41) is 0. The van der Waals surface area contributed by atoms with Crippen LogP contribution in [0.1, 0.15) is 26.7 Å². The fourth-order valence-electron chi connectivity index (χ4n) is 1.46. The van der Waals surface area contributed by atoms with E-state index < -0.39 is 0 Å². The summed E-state index contributed by atoms with van der Waals surface area (Å²) in [4.78, 5) is 2.48. The Hall–Kier alpha value is -0.0500. The first-order valence-corrected chi connectivity index (χ1v) is 4.55. The van der Waals surface area contributed by atoms with Gasteiger partial charge in [-0.05, 0) is 6.42 Å². The van der Waals surface area contributed by atoms with Crippen LogP contribution < -0.4 is 17.0 Å². The molecular formula is C9H19BrN2. The molecule has 0 radical (unpaired) electrons. The summed E-state index contributed by atoms with van der Waals surface area (Å²) >= 11 is 0. The Balaban J connectivity index is 0.00000121. The number of halogens is 1. The molecule has 0 amide bonds. The van der Waals surface area contributed by atoms with Crippen LogP contribution in [-0.2, 0) is 0 Å². The minimum Gasteiger partial charge on any atom is -1.00 e. The van der Waals surface area contributed by atoms with E-state index in [1.807, 2.05) is 0 Å². The lowest BCUT2D eigenvalue weighted by Crippen LogP contribution is -3.00. The van der Waals surface area contributed by atoms with Gasteiger partial charge in [0.2, 0.25) is 5.84 Å². The second kappa shape index (κ2) is 5.57. The van der Waals surface area contributed by atoms with Gasteiger partial charge in [-0.1, -0.05) is 13.3 Å². The van der Waals surface area contributed by atoms with Crippen LogP contribution in [0.15, 0.2) is 0 Å². The van der Waals surface area contributed by atoms with E-state index in [0.717, 1.165) is 0 Å². The fraction of sp³-hybridized carbons (Fsp3) is 0.889. The van der Waals surface area contributed by atoms with E-state index in [-0.39, 0.29) is 17.0 Å². The van der Waals surface area contributed by atoms with Gasteiger partial charge in [-0.15, -0.1) is 0 Å². The average molecular weight is 235 g/mol. The minimum absolute atomic E-state index is 0. The number of nitrogens with zero attached hydrogens (tertiary/aromatic N) is 2. The highest BCUT2D eigenvalue weighted by atomic mass is 79.9. The molecule has 0 aromatic carbocycles. The van der Waals surface area contributed by atoms with Crippen LogP contribution in [0.25, 0.3) is 0 Å². The number of unbranched alkanes of at least 4 members (excludes halogenated alkanes) is 1. The van der Waals surface area contributed by atoms with Crippen LogP contribution in [0.5, 0.6) is 0 Å². The van der Waals surface area contributed by atoms with E-state index in [4.69, 9.17) is 0 Å². The van der Waals surface area contributed by atoms with Crippen molar-refractivity contribution in [3.8, 4) is 0 Å². The molecule has 0 aliphatic carbocycles. The molecule has 1 aliphatic heterocycles. The molecule has 0 atom stereocenters. The highest BCUT2D eigenvalue weighted by Crippen LogP contribution is 2.01. The van der Waals surface area contributed by atoms with Gasteiger partial charge in [0, 0.05) is 6.92 Å². The maximum atomic E-state index is 2.48. The molecule has 2 nitrogen and oxygen atoms in total. The van der Waals surface area contributed by atoms with Crippen LogP contribution in [0.4, 0.5) is 0 Å². The van der Waals surface area contributed by atoms with Crippen molar-refractivity contribution in [2.24, 2.45) is 0 Å². The zero-order valence-electron chi connectivity index (χ0n) is 8.31. The summed E-state index contributed by atoms with van der Waals surface area (Å²) in [7, 11) is 2.17. The van der Waals surface area contributed by atoms with E-state index in [2.05, 4.69) is 30.4 Å². The van der Waals surface area contributed by atoms with Crippen molar-refractivity contribution in [1.82, 2.24) is 4.90 Å². The van der Waals surface area contributed by atoms with Gasteiger partial charge in [-0.25, -0.2) is 0 Å². The van der Waals surface area contributed by atoms with E-state index >= 15 is 0 Å². The molecule has 1 heterocycles. The summed E-state index contributed by atoms with van der Waals surface area (Å²) < 4.78 is 2.33. The molecule has 3 heteroatoms. The van der Waals surface area contributed by atoms with E-state index in [9.17, 15) is 0 Å². The number of hydrogen-bond acceptors (Lipinski definition) is 1. The Kier molecular flexibility index (Phi) is 5.55. The maximum absolute atomic E-state index is 2.48. The normalized spacial score (nSPS) is 16.8. The third-order valence-corrected chi connectivity index (χ3v) is 2.50. The van der Waals surface area contributed by atoms with E-state index in [1.165, 1.54) is 38.3 Å². The van der Waals surface area contributed by atoms with Crippen LogP contribution >= 0.6 is 0 Å². The molecule has 0 saturated carbocycles. The van der Waals surface area contributed by atoms with Crippen molar-refractivity contribution in [3.05, 3.63) is 0 Å². The molecular weight excluding hydrogens is 216 g/mol. The third kappa shape index (κ3) is 2.77. The van der Waals surface area contributed by atoms with Crippen molar-refractivity contribution in [2.75, 3.05) is 26.7 Å². The zero-order chi connectivity index (χ0) is 8.27. The summed E-state index contributed by atoms with van der Waals surface area (Å²) in [5.74, 6) is 1.44. The third-order valence-electron chi connectivity index (χ3n) is 2.50. The predicted molar refractivity (Wildman–Crippen MR) is 48.2 cm³/mol. The van der Waals surface area contributed by atoms with Crippen LogP contribution in [0.3, 0.4) is 0 Å². The lowest BCUT2D eigenvalue weighted by molar-refractivity contribution is -0.487. The van der Waals surface area contributed by atoms with Crippen molar-refractivity contribution < 1.29 is 21.6 Å². The molecule has 0 bridgehead atoms. The van der Waals surface area contributed by atoms with Crippen molar-refractivity contribution in [3.63, 3.8) is 0 Å². The number of amidine groups is 1. The molecule has 1 aliphatic rings. The van der Waals surface area contributed by atoms with Crippen molar-refractivity contribution in [2.45, 2.75) is 26.7 Å². The van der Waals surface area contributed by atoms with Gasteiger partial charge in [0.15, 0.2) is 0 Å². The Labute approximate surface area is 86.0 Å². The summed E-state index contributed by atoms with van der Waals surface area (Å²) in [6.07, 6.45) is 2.62. The number of likely N-dealkylation sites (N-methyl/N-ethyl adjacent to an activating group) is 1. The molecule has 0 aromatic heterocycles. The molecule has 0 unspecified atom stereocenters. The van der Waals surface area contributed by atoms with E-state index in [1.54, 1.807) is 0 Å². The maximum Gasteiger partial charge on any atom is 0.243 e. The smallest absolute Gasteiger partial charge is 0.243 e. The second-order valence-electron chi connectivity index (χ2n) is 3.31.